The molecule has 3 aromatic rings. The summed E-state index contributed by atoms with van der Waals surface area (Å²) in [5.74, 6) is 0.937. The molecule has 168 valence electrons. The predicted octanol–water partition coefficient (Wildman–Crippen LogP) is 4.34. The molecule has 1 saturated heterocycles. The lowest BCUT2D eigenvalue weighted by Gasteiger charge is -2.24. The minimum absolute atomic E-state index is 0.0542. The summed E-state index contributed by atoms with van der Waals surface area (Å²) >= 11 is 0. The normalized spacial score (nSPS) is 16.5. The summed E-state index contributed by atoms with van der Waals surface area (Å²) in [4.78, 5) is 22.5. The molecular formula is C23H23F3N4O2. The van der Waals surface area contributed by atoms with Gasteiger partial charge in [0.2, 0.25) is 11.8 Å². The lowest BCUT2D eigenvalue weighted by Crippen LogP contribution is -2.38. The smallest absolute Gasteiger partial charge is 0.416 e. The zero-order valence-corrected chi connectivity index (χ0v) is 17.5. The first-order valence-corrected chi connectivity index (χ1v) is 10.3. The van der Waals surface area contributed by atoms with Gasteiger partial charge in [0.25, 0.3) is 0 Å². The molecule has 6 nitrogen and oxygen atoms in total. The third kappa shape index (κ3) is 5.34. The fraction of sp³-hybridized carbons (Fsp3) is 0.348. The molecule has 32 heavy (non-hydrogen) atoms. The number of aromatic nitrogens is 2. The van der Waals surface area contributed by atoms with Crippen molar-refractivity contribution in [3.05, 3.63) is 71.4 Å². The first-order valence-electron chi connectivity index (χ1n) is 10.3. The monoisotopic (exact) mass is 444 g/mol. The van der Waals surface area contributed by atoms with Crippen molar-refractivity contribution in [1.82, 2.24) is 20.2 Å². The maximum Gasteiger partial charge on any atom is 0.416 e. The van der Waals surface area contributed by atoms with E-state index in [1.54, 1.807) is 19.3 Å². The zero-order chi connectivity index (χ0) is 22.7. The van der Waals surface area contributed by atoms with Crippen molar-refractivity contribution in [2.75, 3.05) is 6.54 Å². The van der Waals surface area contributed by atoms with Gasteiger partial charge in [0.15, 0.2) is 0 Å². The second-order valence-electron chi connectivity index (χ2n) is 7.93. The number of rotatable bonds is 7. The van der Waals surface area contributed by atoms with Gasteiger partial charge in [-0.05, 0) is 49.2 Å². The van der Waals surface area contributed by atoms with Gasteiger partial charge in [-0.3, -0.25) is 14.7 Å². The molecule has 0 radical (unpaired) electrons. The van der Waals surface area contributed by atoms with Crippen LogP contribution in [0.1, 0.15) is 35.4 Å². The van der Waals surface area contributed by atoms with Crippen molar-refractivity contribution < 1.29 is 22.4 Å². The van der Waals surface area contributed by atoms with Crippen LogP contribution in [0, 0.1) is 6.92 Å². The molecule has 1 N–H and O–H groups in total. The number of hydrogen-bond acceptors (Lipinski definition) is 5. The lowest BCUT2D eigenvalue weighted by atomic mass is 10.1. The van der Waals surface area contributed by atoms with Gasteiger partial charge in [-0.1, -0.05) is 6.07 Å². The molecule has 1 fully saturated rings. The highest BCUT2D eigenvalue weighted by Crippen LogP contribution is 2.31. The topological polar surface area (TPSA) is 71.3 Å². The van der Waals surface area contributed by atoms with Gasteiger partial charge in [0.05, 0.1) is 11.3 Å². The molecule has 1 aromatic carbocycles. The van der Waals surface area contributed by atoms with Crippen molar-refractivity contribution in [2.45, 2.75) is 45.1 Å². The van der Waals surface area contributed by atoms with E-state index in [1.165, 1.54) is 12.1 Å². The van der Waals surface area contributed by atoms with Crippen LogP contribution in [0.5, 0.6) is 0 Å². The number of benzene rings is 1. The average Bonchev–Trinajstić information content (AvgIpc) is 3.33. The summed E-state index contributed by atoms with van der Waals surface area (Å²) in [6.45, 7) is 3.51. The average molecular weight is 444 g/mol. The highest BCUT2D eigenvalue weighted by atomic mass is 19.4. The largest absolute Gasteiger partial charge is 0.441 e. The first kappa shape index (κ1) is 22.0. The van der Waals surface area contributed by atoms with E-state index in [2.05, 4.69) is 20.2 Å². The Morgan fingerprint density at radius 3 is 2.59 bits per heavy atom. The number of hydrogen-bond donors (Lipinski definition) is 1. The summed E-state index contributed by atoms with van der Waals surface area (Å²) in [5, 5.41) is 2.99. The Hall–Kier alpha value is -3.20. The van der Waals surface area contributed by atoms with Crippen LogP contribution in [0.15, 0.2) is 53.2 Å². The van der Waals surface area contributed by atoms with Crippen molar-refractivity contribution in [1.29, 1.82) is 0 Å². The van der Waals surface area contributed by atoms with Crippen LogP contribution < -0.4 is 5.32 Å². The van der Waals surface area contributed by atoms with Crippen LogP contribution in [-0.4, -0.2) is 33.4 Å². The van der Waals surface area contributed by atoms with Crippen LogP contribution in [-0.2, 0) is 24.1 Å². The molecule has 0 aliphatic carbocycles. The fourth-order valence-electron chi connectivity index (χ4n) is 3.77. The quantitative estimate of drug-likeness (QED) is 0.587. The number of carbonyl (C=O) groups excluding carboxylic acids is 1. The standard InChI is InChI=1S/C23H23F3N4O2/c1-15-20(29-22(32-15)17-4-6-18(7-5-17)23(24,25)26)14-30(12-16-3-2-10-27-11-16)13-19-8-9-21(31)28-19/h2-7,10-11,19H,8-9,12-14H2,1H3,(H,28,31)/t19-/m0/s1. The molecule has 1 amide bonds. The number of pyridine rings is 1. The van der Waals surface area contributed by atoms with Gasteiger partial charge in [-0.25, -0.2) is 4.98 Å². The molecule has 0 saturated carbocycles. The molecule has 0 unspecified atom stereocenters. The number of alkyl halides is 3. The van der Waals surface area contributed by atoms with E-state index in [0.29, 0.717) is 43.1 Å². The Bertz CT molecular complexity index is 1070. The molecule has 1 atom stereocenters. The predicted molar refractivity (Wildman–Crippen MR) is 111 cm³/mol. The van der Waals surface area contributed by atoms with E-state index < -0.39 is 11.7 Å². The van der Waals surface area contributed by atoms with Gasteiger partial charge < -0.3 is 9.73 Å². The SMILES string of the molecule is Cc1oc(-c2ccc(C(F)(F)F)cc2)nc1CN(Cc1cccnc1)C[C@@H]1CCC(=O)N1. The number of oxazole rings is 1. The minimum Gasteiger partial charge on any atom is -0.441 e. The Morgan fingerprint density at radius 1 is 1.19 bits per heavy atom. The zero-order valence-electron chi connectivity index (χ0n) is 17.5. The van der Waals surface area contributed by atoms with Crippen molar-refractivity contribution in [3.63, 3.8) is 0 Å². The summed E-state index contributed by atoms with van der Waals surface area (Å²) in [6.07, 6.45) is 0.411. The van der Waals surface area contributed by atoms with Crippen molar-refractivity contribution in [2.24, 2.45) is 0 Å². The van der Waals surface area contributed by atoms with E-state index >= 15 is 0 Å². The number of amides is 1. The minimum atomic E-state index is -4.39. The van der Waals surface area contributed by atoms with E-state index in [1.807, 2.05) is 12.1 Å². The summed E-state index contributed by atoms with van der Waals surface area (Å²) in [6, 6.07) is 8.67. The third-order valence-electron chi connectivity index (χ3n) is 5.42. The van der Waals surface area contributed by atoms with Crippen LogP contribution in [0.2, 0.25) is 0 Å². The third-order valence-corrected chi connectivity index (χ3v) is 5.42. The number of carbonyl (C=O) groups is 1. The van der Waals surface area contributed by atoms with E-state index in [4.69, 9.17) is 4.42 Å². The Balaban J connectivity index is 1.52. The highest BCUT2D eigenvalue weighted by Gasteiger charge is 2.30. The molecule has 1 aliphatic heterocycles. The maximum absolute atomic E-state index is 12.8. The van der Waals surface area contributed by atoms with Gasteiger partial charge in [0.1, 0.15) is 5.76 Å². The molecule has 0 bridgehead atoms. The van der Waals surface area contributed by atoms with Gasteiger partial charge >= 0.3 is 6.18 Å². The Kier molecular flexibility index (Phi) is 6.27. The van der Waals surface area contributed by atoms with E-state index in [-0.39, 0.29) is 17.8 Å². The highest BCUT2D eigenvalue weighted by molar-refractivity contribution is 5.78. The van der Waals surface area contributed by atoms with E-state index in [9.17, 15) is 18.0 Å². The van der Waals surface area contributed by atoms with Gasteiger partial charge in [-0.15, -0.1) is 0 Å². The molecular weight excluding hydrogens is 421 g/mol. The van der Waals surface area contributed by atoms with Crippen LogP contribution in [0.25, 0.3) is 11.5 Å². The lowest BCUT2D eigenvalue weighted by molar-refractivity contribution is -0.137. The summed E-state index contributed by atoms with van der Waals surface area (Å²) < 4.78 is 44.2. The maximum atomic E-state index is 12.8. The van der Waals surface area contributed by atoms with Crippen LogP contribution >= 0.6 is 0 Å². The number of nitrogens with zero attached hydrogens (tertiary/aromatic N) is 3. The Labute approximate surface area is 183 Å². The summed E-state index contributed by atoms with van der Waals surface area (Å²) in [7, 11) is 0. The molecule has 1 aliphatic rings. The second kappa shape index (κ2) is 9.12. The number of aryl methyl sites for hydroxylation is 1. The van der Waals surface area contributed by atoms with Gasteiger partial charge in [-0.2, -0.15) is 13.2 Å². The number of nitrogens with one attached hydrogen (secondary N) is 1. The second-order valence-corrected chi connectivity index (χ2v) is 7.93. The fourth-order valence-corrected chi connectivity index (χ4v) is 3.77. The Morgan fingerprint density at radius 2 is 1.97 bits per heavy atom. The van der Waals surface area contributed by atoms with Crippen LogP contribution in [0.4, 0.5) is 13.2 Å². The molecule has 4 rings (SSSR count). The number of halogens is 3. The summed E-state index contributed by atoms with van der Waals surface area (Å²) in [5.41, 5.74) is 1.49. The van der Waals surface area contributed by atoms with Crippen LogP contribution in [0.3, 0.4) is 0 Å². The molecule has 0 spiro atoms. The first-order chi connectivity index (χ1) is 15.3. The van der Waals surface area contributed by atoms with Gasteiger partial charge in [0, 0.05) is 50.1 Å². The molecule has 9 heteroatoms. The molecule has 2 aromatic heterocycles. The van der Waals surface area contributed by atoms with Crippen molar-refractivity contribution >= 4 is 5.91 Å². The van der Waals surface area contributed by atoms with Crippen molar-refractivity contribution in [3.8, 4) is 11.5 Å². The van der Waals surface area contributed by atoms with E-state index in [0.717, 1.165) is 24.1 Å². The molecule has 3 heterocycles.